The van der Waals surface area contributed by atoms with Crippen molar-refractivity contribution in [2.75, 3.05) is 12.8 Å². The molecule has 0 aliphatic carbocycles. The highest BCUT2D eigenvalue weighted by molar-refractivity contribution is 6.30. The Morgan fingerprint density at radius 3 is 2.45 bits per heavy atom. The molecule has 2 aromatic rings. The van der Waals surface area contributed by atoms with E-state index >= 15 is 0 Å². The van der Waals surface area contributed by atoms with Gasteiger partial charge < -0.3 is 15.6 Å². The van der Waals surface area contributed by atoms with E-state index in [0.29, 0.717) is 0 Å². The van der Waals surface area contributed by atoms with Gasteiger partial charge in [0, 0.05) is 5.56 Å². The smallest absolute Gasteiger partial charge is 0.358 e. The lowest BCUT2D eigenvalue weighted by atomic mass is 10.1. The van der Waals surface area contributed by atoms with Gasteiger partial charge in [0.05, 0.1) is 12.1 Å². The first-order valence-electron chi connectivity index (χ1n) is 5.69. The minimum atomic E-state index is -1.57. The monoisotopic (exact) mass is 332 g/mol. The standard InChI is InChI=1S/C13H8ClF3N2O3/c1-22-12-9(18)8(17)10(19-11(12)13(20)21)4-2-3-5(14)7(16)6(4)15/h2-3H,1H3,(H2,18,19)(H,20,21). The molecule has 9 heteroatoms. The van der Waals surface area contributed by atoms with Gasteiger partial charge in [-0.1, -0.05) is 11.6 Å². The number of ether oxygens (including phenoxy) is 1. The third-order valence-corrected chi connectivity index (χ3v) is 3.12. The average Bonchev–Trinajstić information content (AvgIpc) is 2.48. The van der Waals surface area contributed by atoms with Crippen LogP contribution in [-0.4, -0.2) is 23.2 Å². The quantitative estimate of drug-likeness (QED) is 0.843. The zero-order valence-electron chi connectivity index (χ0n) is 11.0. The number of hydrogen-bond acceptors (Lipinski definition) is 4. The van der Waals surface area contributed by atoms with E-state index in [1.165, 1.54) is 0 Å². The van der Waals surface area contributed by atoms with Crippen molar-refractivity contribution in [1.82, 2.24) is 4.98 Å². The second-order valence-electron chi connectivity index (χ2n) is 4.10. The summed E-state index contributed by atoms with van der Waals surface area (Å²) in [5.41, 5.74) is 2.66. The number of pyridine rings is 1. The summed E-state index contributed by atoms with van der Waals surface area (Å²) in [6.45, 7) is 0. The van der Waals surface area contributed by atoms with E-state index in [1.54, 1.807) is 0 Å². The maximum atomic E-state index is 14.2. The Bertz CT molecular complexity index is 784. The second kappa shape index (κ2) is 5.72. The van der Waals surface area contributed by atoms with Crippen molar-refractivity contribution in [3.63, 3.8) is 0 Å². The van der Waals surface area contributed by atoms with Gasteiger partial charge in [0.2, 0.25) is 0 Å². The minimum Gasteiger partial charge on any atom is -0.492 e. The lowest BCUT2D eigenvalue weighted by molar-refractivity contribution is 0.0686. The zero-order valence-corrected chi connectivity index (χ0v) is 11.7. The molecule has 0 saturated carbocycles. The van der Waals surface area contributed by atoms with Crippen molar-refractivity contribution in [3.8, 4) is 17.0 Å². The maximum Gasteiger partial charge on any atom is 0.358 e. The van der Waals surface area contributed by atoms with Crippen LogP contribution < -0.4 is 10.5 Å². The topological polar surface area (TPSA) is 85.4 Å². The van der Waals surface area contributed by atoms with Crippen LogP contribution in [0.15, 0.2) is 12.1 Å². The van der Waals surface area contributed by atoms with Gasteiger partial charge in [-0.25, -0.2) is 22.9 Å². The van der Waals surface area contributed by atoms with Crippen LogP contribution in [0.2, 0.25) is 5.02 Å². The van der Waals surface area contributed by atoms with Crippen LogP contribution in [0.25, 0.3) is 11.3 Å². The molecule has 0 aliphatic rings. The number of carboxylic acids is 1. The molecule has 0 unspecified atom stereocenters. The first-order valence-corrected chi connectivity index (χ1v) is 6.07. The Labute approximate surface area is 127 Å². The van der Waals surface area contributed by atoms with Crippen LogP contribution in [0.1, 0.15) is 10.5 Å². The number of nitrogens with two attached hydrogens (primary N) is 1. The lowest BCUT2D eigenvalue weighted by Crippen LogP contribution is -2.11. The highest BCUT2D eigenvalue weighted by Gasteiger charge is 2.26. The van der Waals surface area contributed by atoms with Gasteiger partial charge in [-0.3, -0.25) is 0 Å². The normalized spacial score (nSPS) is 10.6. The van der Waals surface area contributed by atoms with Gasteiger partial charge in [0.25, 0.3) is 0 Å². The number of anilines is 1. The van der Waals surface area contributed by atoms with Crippen LogP contribution in [0.3, 0.4) is 0 Å². The Kier molecular flexibility index (Phi) is 4.14. The van der Waals surface area contributed by atoms with Gasteiger partial charge in [0.15, 0.2) is 28.9 Å². The molecule has 0 atom stereocenters. The molecule has 1 aromatic heterocycles. The number of aromatic carboxylic acids is 1. The molecule has 2 rings (SSSR count). The van der Waals surface area contributed by atoms with Crippen LogP contribution in [-0.2, 0) is 0 Å². The molecule has 116 valence electrons. The van der Waals surface area contributed by atoms with E-state index < -0.39 is 56.8 Å². The zero-order chi connectivity index (χ0) is 16.6. The predicted octanol–water partition coefficient (Wildman–Crippen LogP) is 3.11. The summed E-state index contributed by atoms with van der Waals surface area (Å²) in [7, 11) is 1.07. The molecule has 22 heavy (non-hydrogen) atoms. The third-order valence-electron chi connectivity index (χ3n) is 2.82. The van der Waals surface area contributed by atoms with Gasteiger partial charge >= 0.3 is 5.97 Å². The predicted molar refractivity (Wildman–Crippen MR) is 72.5 cm³/mol. The van der Waals surface area contributed by atoms with Gasteiger partial charge in [-0.05, 0) is 12.1 Å². The van der Waals surface area contributed by atoms with E-state index in [1.807, 2.05) is 0 Å². The molecule has 1 heterocycles. The maximum absolute atomic E-state index is 14.2. The number of benzene rings is 1. The van der Waals surface area contributed by atoms with Crippen LogP contribution >= 0.6 is 11.6 Å². The van der Waals surface area contributed by atoms with Crippen molar-refractivity contribution < 1.29 is 27.8 Å². The van der Waals surface area contributed by atoms with Crippen LogP contribution in [0.5, 0.6) is 5.75 Å². The second-order valence-corrected chi connectivity index (χ2v) is 4.51. The molecule has 1 aromatic carbocycles. The third kappa shape index (κ3) is 2.41. The molecule has 0 spiro atoms. The van der Waals surface area contributed by atoms with E-state index in [9.17, 15) is 18.0 Å². The van der Waals surface area contributed by atoms with E-state index in [4.69, 9.17) is 22.4 Å². The summed E-state index contributed by atoms with van der Waals surface area (Å²) in [6, 6.07) is 1.95. The molecule has 3 N–H and O–H groups in total. The number of hydrogen-bond donors (Lipinski definition) is 2. The SMILES string of the molecule is COc1c(C(=O)O)nc(-c2ccc(Cl)c(F)c2F)c(F)c1N. The lowest BCUT2D eigenvalue weighted by Gasteiger charge is -2.13. The van der Waals surface area contributed by atoms with Gasteiger partial charge in [-0.2, -0.15) is 0 Å². The van der Waals surface area contributed by atoms with E-state index in [-0.39, 0.29) is 0 Å². The average molecular weight is 333 g/mol. The first-order chi connectivity index (χ1) is 10.3. The summed E-state index contributed by atoms with van der Waals surface area (Å²) in [5.74, 6) is -6.20. The van der Waals surface area contributed by atoms with Gasteiger partial charge in [0.1, 0.15) is 11.4 Å². The number of carbonyl (C=O) groups is 1. The molecule has 0 saturated heterocycles. The fourth-order valence-corrected chi connectivity index (χ4v) is 1.95. The fraction of sp³-hybridized carbons (Fsp3) is 0.0769. The molecule has 0 amide bonds. The molecule has 0 radical (unpaired) electrons. The number of rotatable bonds is 3. The number of halogens is 4. The van der Waals surface area contributed by atoms with Crippen molar-refractivity contribution in [2.24, 2.45) is 0 Å². The van der Waals surface area contributed by atoms with Crippen molar-refractivity contribution >= 4 is 23.3 Å². The fourth-order valence-electron chi connectivity index (χ4n) is 1.81. The summed E-state index contributed by atoms with van der Waals surface area (Å²) in [6.07, 6.45) is 0. The summed E-state index contributed by atoms with van der Waals surface area (Å²) < 4.78 is 46.3. The van der Waals surface area contributed by atoms with Crippen LogP contribution in [0, 0.1) is 17.5 Å². The van der Waals surface area contributed by atoms with Crippen LogP contribution in [0.4, 0.5) is 18.9 Å². The minimum absolute atomic E-state index is 0.511. The Balaban J connectivity index is 2.82. The van der Waals surface area contributed by atoms with Crippen molar-refractivity contribution in [3.05, 3.63) is 40.3 Å². The Morgan fingerprint density at radius 1 is 1.27 bits per heavy atom. The molecular weight excluding hydrogens is 325 g/mol. The summed E-state index contributed by atoms with van der Waals surface area (Å²) in [5, 5.41) is 8.53. The largest absolute Gasteiger partial charge is 0.492 e. The number of nitrogen functional groups attached to an aromatic ring is 1. The molecule has 0 aliphatic heterocycles. The number of nitrogens with zero attached hydrogens (tertiary/aromatic N) is 1. The number of methoxy groups -OCH3 is 1. The number of aromatic nitrogens is 1. The molecule has 0 bridgehead atoms. The molecular formula is C13H8ClF3N2O3. The summed E-state index contributed by atoms with van der Waals surface area (Å²) >= 11 is 5.41. The van der Waals surface area contributed by atoms with E-state index in [0.717, 1.165) is 19.2 Å². The van der Waals surface area contributed by atoms with Crippen molar-refractivity contribution in [2.45, 2.75) is 0 Å². The highest BCUT2D eigenvalue weighted by atomic mass is 35.5. The first kappa shape index (κ1) is 15.9. The Morgan fingerprint density at radius 2 is 1.91 bits per heavy atom. The number of carboxylic acid groups (broad SMARTS) is 1. The summed E-state index contributed by atoms with van der Waals surface area (Å²) in [4.78, 5) is 14.6. The van der Waals surface area contributed by atoms with Gasteiger partial charge in [-0.15, -0.1) is 0 Å². The Hall–Kier alpha value is -2.48. The molecule has 5 nitrogen and oxygen atoms in total. The van der Waals surface area contributed by atoms with E-state index in [2.05, 4.69) is 9.72 Å². The molecule has 0 fully saturated rings. The van der Waals surface area contributed by atoms with Crippen molar-refractivity contribution in [1.29, 1.82) is 0 Å². The highest BCUT2D eigenvalue weighted by Crippen LogP contribution is 2.36.